The van der Waals surface area contributed by atoms with Crippen molar-refractivity contribution in [2.24, 2.45) is 0 Å². The van der Waals surface area contributed by atoms with E-state index in [9.17, 15) is 13.2 Å². The van der Waals surface area contributed by atoms with Crippen LogP contribution in [0.15, 0.2) is 46.7 Å². The molecule has 1 fully saturated rings. The Labute approximate surface area is 159 Å². The van der Waals surface area contributed by atoms with Crippen molar-refractivity contribution in [1.82, 2.24) is 9.62 Å². The average Bonchev–Trinajstić information content (AvgIpc) is 3.33. The maximum Gasteiger partial charge on any atom is 0.250 e. The third kappa shape index (κ3) is 4.52. The van der Waals surface area contributed by atoms with Crippen LogP contribution in [0.2, 0.25) is 0 Å². The second kappa shape index (κ2) is 8.33. The van der Waals surface area contributed by atoms with Gasteiger partial charge in [-0.05, 0) is 43.4 Å². The van der Waals surface area contributed by atoms with E-state index in [1.165, 1.54) is 11.3 Å². The van der Waals surface area contributed by atoms with Crippen LogP contribution in [0.3, 0.4) is 0 Å². The van der Waals surface area contributed by atoms with Gasteiger partial charge in [-0.1, -0.05) is 37.3 Å². The summed E-state index contributed by atoms with van der Waals surface area (Å²) in [4.78, 5) is 15.7. The van der Waals surface area contributed by atoms with Gasteiger partial charge in [0.15, 0.2) is 0 Å². The summed E-state index contributed by atoms with van der Waals surface area (Å²) in [6.07, 6.45) is 3.09. The monoisotopic (exact) mass is 392 g/mol. The number of benzene rings is 1. The fourth-order valence-electron chi connectivity index (χ4n) is 3.13. The van der Waals surface area contributed by atoms with Crippen molar-refractivity contribution in [2.75, 3.05) is 13.1 Å². The van der Waals surface area contributed by atoms with Crippen molar-refractivity contribution >= 4 is 27.3 Å². The van der Waals surface area contributed by atoms with Gasteiger partial charge in [0.2, 0.25) is 5.91 Å². The first-order valence-electron chi connectivity index (χ1n) is 8.93. The van der Waals surface area contributed by atoms with Gasteiger partial charge in [-0.3, -0.25) is 4.79 Å². The Balaban J connectivity index is 1.83. The van der Waals surface area contributed by atoms with Crippen LogP contribution in [0.25, 0.3) is 0 Å². The van der Waals surface area contributed by atoms with Crippen molar-refractivity contribution < 1.29 is 13.2 Å². The molecule has 1 aliphatic rings. The van der Waals surface area contributed by atoms with E-state index < -0.39 is 16.1 Å². The largest absolute Gasteiger partial charge is 0.341 e. The number of thiophene rings is 1. The average molecular weight is 393 g/mol. The van der Waals surface area contributed by atoms with Gasteiger partial charge < -0.3 is 4.90 Å². The summed E-state index contributed by atoms with van der Waals surface area (Å²) in [6.45, 7) is 3.39. The molecule has 1 N–H and O–H groups in total. The number of sulfonamides is 1. The molecular weight excluding hydrogens is 368 g/mol. The standard InChI is InChI=1S/C19H24N2O3S2/c1-2-16-10-11-18(25-16)26(23,24)20-17(14-15-8-4-3-5-9-15)19(22)21-12-6-7-13-21/h3-5,8-11,17,20H,2,6-7,12-14H2,1H3/t17-/m0/s1. The normalized spacial score (nSPS) is 16.0. The molecule has 3 rings (SSSR count). The van der Waals surface area contributed by atoms with Gasteiger partial charge in [0, 0.05) is 18.0 Å². The first-order valence-corrected chi connectivity index (χ1v) is 11.2. The minimum absolute atomic E-state index is 0.137. The molecule has 0 saturated carbocycles. The molecule has 1 atom stereocenters. The lowest BCUT2D eigenvalue weighted by atomic mass is 10.1. The number of hydrogen-bond acceptors (Lipinski definition) is 4. The maximum absolute atomic E-state index is 12.9. The van der Waals surface area contributed by atoms with Crippen molar-refractivity contribution in [2.45, 2.75) is 42.9 Å². The fraction of sp³-hybridized carbons (Fsp3) is 0.421. The number of likely N-dealkylation sites (tertiary alicyclic amines) is 1. The van der Waals surface area contributed by atoms with Gasteiger partial charge in [0.25, 0.3) is 10.0 Å². The Kier molecular flexibility index (Phi) is 6.11. The van der Waals surface area contributed by atoms with Gasteiger partial charge >= 0.3 is 0 Å². The summed E-state index contributed by atoms with van der Waals surface area (Å²) in [6, 6.07) is 12.2. The van der Waals surface area contributed by atoms with Crippen LogP contribution in [0.1, 0.15) is 30.2 Å². The number of nitrogens with zero attached hydrogens (tertiary/aromatic N) is 1. The van der Waals surface area contributed by atoms with E-state index in [2.05, 4.69) is 4.72 Å². The topological polar surface area (TPSA) is 66.5 Å². The van der Waals surface area contributed by atoms with Gasteiger partial charge in [0.05, 0.1) is 0 Å². The zero-order chi connectivity index (χ0) is 18.6. The first-order chi connectivity index (χ1) is 12.5. The lowest BCUT2D eigenvalue weighted by molar-refractivity contribution is -0.131. The molecule has 2 heterocycles. The van der Waals surface area contributed by atoms with Gasteiger partial charge in [0.1, 0.15) is 10.3 Å². The molecule has 1 saturated heterocycles. The van der Waals surface area contributed by atoms with Crippen molar-refractivity contribution in [3.63, 3.8) is 0 Å². The molecular formula is C19H24N2O3S2. The Morgan fingerprint density at radius 1 is 1.15 bits per heavy atom. The van der Waals surface area contributed by atoms with E-state index >= 15 is 0 Å². The summed E-state index contributed by atoms with van der Waals surface area (Å²) < 4.78 is 28.5. The van der Waals surface area contributed by atoms with Gasteiger partial charge in [-0.25, -0.2) is 8.42 Å². The second-order valence-electron chi connectivity index (χ2n) is 6.47. The summed E-state index contributed by atoms with van der Waals surface area (Å²) >= 11 is 1.26. The Bertz CT molecular complexity index is 841. The number of hydrogen-bond donors (Lipinski definition) is 1. The molecule has 26 heavy (non-hydrogen) atoms. The molecule has 0 bridgehead atoms. The first kappa shape index (κ1) is 19.1. The Hall–Kier alpha value is -1.70. The summed E-state index contributed by atoms with van der Waals surface area (Å²) in [5, 5.41) is 0. The maximum atomic E-state index is 12.9. The van der Waals surface area contributed by atoms with Crippen molar-refractivity contribution in [1.29, 1.82) is 0 Å². The zero-order valence-electron chi connectivity index (χ0n) is 14.8. The minimum Gasteiger partial charge on any atom is -0.341 e. The summed E-state index contributed by atoms with van der Waals surface area (Å²) in [7, 11) is -3.72. The smallest absolute Gasteiger partial charge is 0.250 e. The molecule has 0 aliphatic carbocycles. The van der Waals surface area contributed by atoms with E-state index in [4.69, 9.17) is 0 Å². The zero-order valence-corrected chi connectivity index (χ0v) is 16.5. The molecule has 5 nitrogen and oxygen atoms in total. The Morgan fingerprint density at radius 2 is 1.85 bits per heavy atom. The van der Waals surface area contributed by atoms with Crippen LogP contribution in [-0.2, 0) is 27.7 Å². The van der Waals surface area contributed by atoms with Crippen molar-refractivity contribution in [3.05, 3.63) is 52.9 Å². The number of carbonyl (C=O) groups excluding carboxylic acids is 1. The fourth-order valence-corrected chi connectivity index (χ4v) is 5.63. The van der Waals surface area contributed by atoms with E-state index in [0.717, 1.165) is 29.7 Å². The molecule has 2 aromatic rings. The number of amides is 1. The molecule has 0 spiro atoms. The number of rotatable bonds is 7. The number of nitrogens with one attached hydrogen (secondary N) is 1. The second-order valence-corrected chi connectivity index (χ2v) is 9.58. The van der Waals surface area contributed by atoms with E-state index in [0.29, 0.717) is 19.5 Å². The van der Waals surface area contributed by atoms with E-state index in [1.54, 1.807) is 11.0 Å². The molecule has 7 heteroatoms. The molecule has 0 unspecified atom stereocenters. The molecule has 1 amide bonds. The van der Waals surface area contributed by atoms with Crippen LogP contribution in [0.4, 0.5) is 0 Å². The molecule has 1 aromatic heterocycles. The van der Waals surface area contributed by atoms with Crippen LogP contribution >= 0.6 is 11.3 Å². The van der Waals surface area contributed by atoms with Gasteiger partial charge in [-0.15, -0.1) is 11.3 Å². The highest BCUT2D eigenvalue weighted by atomic mass is 32.2. The third-order valence-electron chi connectivity index (χ3n) is 4.55. The van der Waals surface area contributed by atoms with E-state index in [-0.39, 0.29) is 10.1 Å². The van der Waals surface area contributed by atoms with Crippen molar-refractivity contribution in [3.8, 4) is 0 Å². The van der Waals surface area contributed by atoms with Gasteiger partial charge in [-0.2, -0.15) is 4.72 Å². The van der Waals surface area contributed by atoms with Crippen LogP contribution in [-0.4, -0.2) is 38.4 Å². The molecule has 1 aromatic carbocycles. The highest BCUT2D eigenvalue weighted by molar-refractivity contribution is 7.91. The number of carbonyl (C=O) groups is 1. The summed E-state index contributed by atoms with van der Waals surface area (Å²) in [5.41, 5.74) is 0.938. The summed E-state index contributed by atoms with van der Waals surface area (Å²) in [5.74, 6) is -0.137. The highest BCUT2D eigenvalue weighted by Crippen LogP contribution is 2.23. The lowest BCUT2D eigenvalue weighted by Gasteiger charge is -2.24. The number of aryl methyl sites for hydroxylation is 1. The molecule has 1 aliphatic heterocycles. The highest BCUT2D eigenvalue weighted by Gasteiger charge is 2.31. The Morgan fingerprint density at radius 3 is 2.46 bits per heavy atom. The molecule has 0 radical (unpaired) electrons. The minimum atomic E-state index is -3.72. The van der Waals surface area contributed by atoms with Crippen LogP contribution < -0.4 is 4.72 Å². The predicted molar refractivity (Wildman–Crippen MR) is 104 cm³/mol. The van der Waals surface area contributed by atoms with Crippen LogP contribution in [0.5, 0.6) is 0 Å². The third-order valence-corrected chi connectivity index (χ3v) is 7.74. The van der Waals surface area contributed by atoms with Crippen LogP contribution in [0, 0.1) is 0 Å². The lowest BCUT2D eigenvalue weighted by Crippen LogP contribution is -2.48. The quantitative estimate of drug-likeness (QED) is 0.788. The molecule has 140 valence electrons. The SMILES string of the molecule is CCc1ccc(S(=O)(=O)N[C@@H](Cc2ccccc2)C(=O)N2CCCC2)s1. The van der Waals surface area contributed by atoms with E-state index in [1.807, 2.05) is 43.3 Å². The predicted octanol–water partition coefficient (Wildman–Crippen LogP) is 2.82.